The molecule has 2 fully saturated rings. The van der Waals surface area contributed by atoms with Crippen molar-refractivity contribution in [2.75, 3.05) is 32.8 Å². The molecule has 2 atom stereocenters. The first kappa shape index (κ1) is 20.9. The average molecular weight is 479 g/mol. The Balaban J connectivity index is 0.00000225. The summed E-state index contributed by atoms with van der Waals surface area (Å²) in [5.41, 5.74) is 0. The van der Waals surface area contributed by atoms with Crippen molar-refractivity contribution in [2.24, 2.45) is 4.99 Å². The SMILES string of the molecule is CCNC(=NCc1ncc(CC)s1)NCC1CN2CCCC2CO1.I. The first-order valence-corrected chi connectivity index (χ1v) is 9.91. The van der Waals surface area contributed by atoms with Crippen molar-refractivity contribution in [1.29, 1.82) is 0 Å². The van der Waals surface area contributed by atoms with Gasteiger partial charge in [0.15, 0.2) is 5.96 Å². The van der Waals surface area contributed by atoms with Crippen LogP contribution >= 0.6 is 35.3 Å². The summed E-state index contributed by atoms with van der Waals surface area (Å²) in [7, 11) is 0. The van der Waals surface area contributed by atoms with E-state index in [9.17, 15) is 0 Å². The Bertz CT molecular complexity index is 553. The van der Waals surface area contributed by atoms with Gasteiger partial charge in [-0.3, -0.25) is 4.90 Å². The normalized spacial score (nSPS) is 23.8. The quantitative estimate of drug-likeness (QED) is 0.373. The van der Waals surface area contributed by atoms with Crippen molar-refractivity contribution in [2.45, 2.75) is 51.8 Å². The number of hydrogen-bond donors (Lipinski definition) is 2. The van der Waals surface area contributed by atoms with Crippen LogP contribution in [0.15, 0.2) is 11.2 Å². The molecule has 0 bridgehead atoms. The maximum absolute atomic E-state index is 6.00. The summed E-state index contributed by atoms with van der Waals surface area (Å²) >= 11 is 1.74. The summed E-state index contributed by atoms with van der Waals surface area (Å²) in [4.78, 5) is 13.0. The second kappa shape index (κ2) is 10.6. The number of fused-ring (bicyclic) bond motifs is 1. The number of aromatic nitrogens is 1. The van der Waals surface area contributed by atoms with E-state index in [1.807, 2.05) is 6.20 Å². The largest absolute Gasteiger partial charge is 0.373 e. The first-order valence-electron chi connectivity index (χ1n) is 9.10. The third-order valence-electron chi connectivity index (χ3n) is 4.63. The minimum Gasteiger partial charge on any atom is -0.373 e. The highest BCUT2D eigenvalue weighted by molar-refractivity contribution is 14.0. The molecule has 0 radical (unpaired) electrons. The predicted molar refractivity (Wildman–Crippen MR) is 114 cm³/mol. The standard InChI is InChI=1S/C17H29N5OS.HI/c1-3-15-9-19-16(24-15)10-21-17(18-4-2)20-8-14-11-22-7-5-6-13(22)12-23-14;/h9,13-14H,3-8,10-12H2,1-2H3,(H2,18,20,21);1H. The molecule has 0 amide bonds. The van der Waals surface area contributed by atoms with Crippen molar-refractivity contribution in [3.05, 3.63) is 16.1 Å². The van der Waals surface area contributed by atoms with Gasteiger partial charge in [0.05, 0.1) is 19.3 Å². The second-order valence-corrected chi connectivity index (χ2v) is 7.60. The highest BCUT2D eigenvalue weighted by Gasteiger charge is 2.32. The molecular weight excluding hydrogens is 449 g/mol. The number of aliphatic imine (C=N–C) groups is 1. The molecule has 1 aromatic heterocycles. The van der Waals surface area contributed by atoms with Crippen molar-refractivity contribution in [1.82, 2.24) is 20.5 Å². The van der Waals surface area contributed by atoms with Gasteiger partial charge in [-0.25, -0.2) is 9.98 Å². The topological polar surface area (TPSA) is 61.8 Å². The number of thiazole rings is 1. The number of morpholine rings is 1. The molecular formula is C17H30IN5OS. The fraction of sp³-hybridized carbons (Fsp3) is 0.765. The molecule has 2 aliphatic rings. The molecule has 2 N–H and O–H groups in total. The van der Waals surface area contributed by atoms with Crippen LogP contribution in [-0.2, 0) is 17.7 Å². The van der Waals surface area contributed by atoms with E-state index in [-0.39, 0.29) is 30.1 Å². The Labute approximate surface area is 171 Å². The lowest BCUT2D eigenvalue weighted by Crippen LogP contribution is -2.51. The number of guanidine groups is 1. The molecule has 0 aliphatic carbocycles. The Morgan fingerprint density at radius 1 is 1.44 bits per heavy atom. The Kier molecular flexibility index (Phi) is 8.88. The van der Waals surface area contributed by atoms with E-state index < -0.39 is 0 Å². The van der Waals surface area contributed by atoms with Gasteiger partial charge in [0.1, 0.15) is 5.01 Å². The molecule has 3 rings (SSSR count). The van der Waals surface area contributed by atoms with Gasteiger partial charge >= 0.3 is 0 Å². The molecule has 2 aliphatic heterocycles. The van der Waals surface area contributed by atoms with Crippen LogP contribution in [0.2, 0.25) is 0 Å². The molecule has 0 spiro atoms. The maximum atomic E-state index is 6.00. The third-order valence-corrected chi connectivity index (χ3v) is 5.75. The molecule has 1 aromatic rings. The Morgan fingerprint density at radius 3 is 3.08 bits per heavy atom. The smallest absolute Gasteiger partial charge is 0.191 e. The fourth-order valence-electron chi connectivity index (χ4n) is 3.29. The second-order valence-electron chi connectivity index (χ2n) is 6.40. The highest BCUT2D eigenvalue weighted by Crippen LogP contribution is 2.22. The molecule has 2 saturated heterocycles. The van der Waals surface area contributed by atoms with Gasteiger partial charge in [-0.05, 0) is 32.7 Å². The summed E-state index contributed by atoms with van der Waals surface area (Å²) in [6.07, 6.45) is 5.84. The van der Waals surface area contributed by atoms with Crippen LogP contribution in [0.1, 0.15) is 36.6 Å². The summed E-state index contributed by atoms with van der Waals surface area (Å²) in [5.74, 6) is 0.845. The number of nitrogens with zero attached hydrogens (tertiary/aromatic N) is 3. The lowest BCUT2D eigenvalue weighted by molar-refractivity contribution is -0.0453. The molecule has 8 heteroatoms. The van der Waals surface area contributed by atoms with Crippen LogP contribution < -0.4 is 10.6 Å². The van der Waals surface area contributed by atoms with Gasteiger partial charge in [-0.2, -0.15) is 0 Å². The zero-order valence-electron chi connectivity index (χ0n) is 15.2. The van der Waals surface area contributed by atoms with E-state index in [1.165, 1.54) is 24.3 Å². The van der Waals surface area contributed by atoms with Crippen LogP contribution in [-0.4, -0.2) is 60.8 Å². The lowest BCUT2D eigenvalue weighted by Gasteiger charge is -2.35. The van der Waals surface area contributed by atoms with Crippen LogP contribution in [0.5, 0.6) is 0 Å². The molecule has 0 saturated carbocycles. The first-order chi connectivity index (χ1) is 11.8. The van der Waals surface area contributed by atoms with Crippen molar-refractivity contribution >= 4 is 41.3 Å². The summed E-state index contributed by atoms with van der Waals surface area (Å²) in [5, 5.41) is 7.80. The van der Waals surface area contributed by atoms with E-state index in [1.54, 1.807) is 11.3 Å². The summed E-state index contributed by atoms with van der Waals surface area (Å²) in [6, 6.07) is 0.654. The number of ether oxygens (including phenoxy) is 1. The maximum Gasteiger partial charge on any atom is 0.191 e. The van der Waals surface area contributed by atoms with Crippen LogP contribution in [0.3, 0.4) is 0 Å². The van der Waals surface area contributed by atoms with Crippen molar-refractivity contribution in [3.63, 3.8) is 0 Å². The number of hydrogen-bond acceptors (Lipinski definition) is 5. The van der Waals surface area contributed by atoms with E-state index in [2.05, 4.69) is 39.4 Å². The molecule has 6 nitrogen and oxygen atoms in total. The van der Waals surface area contributed by atoms with Gasteiger partial charge < -0.3 is 15.4 Å². The van der Waals surface area contributed by atoms with Crippen LogP contribution in [0.25, 0.3) is 0 Å². The lowest BCUT2D eigenvalue weighted by atomic mass is 10.2. The van der Waals surface area contributed by atoms with Crippen LogP contribution in [0.4, 0.5) is 0 Å². The molecule has 142 valence electrons. The van der Waals surface area contributed by atoms with E-state index in [0.29, 0.717) is 12.6 Å². The third kappa shape index (κ3) is 6.04. The monoisotopic (exact) mass is 479 g/mol. The number of nitrogens with one attached hydrogen (secondary N) is 2. The van der Waals surface area contributed by atoms with Gasteiger partial charge in [-0.1, -0.05) is 6.92 Å². The zero-order valence-corrected chi connectivity index (χ0v) is 18.3. The van der Waals surface area contributed by atoms with Gasteiger partial charge in [0.2, 0.25) is 0 Å². The zero-order chi connectivity index (χ0) is 16.8. The van der Waals surface area contributed by atoms with E-state index in [0.717, 1.165) is 43.6 Å². The highest BCUT2D eigenvalue weighted by atomic mass is 127. The minimum atomic E-state index is 0. The van der Waals surface area contributed by atoms with Crippen LogP contribution in [0, 0.1) is 0 Å². The molecule has 3 heterocycles. The Morgan fingerprint density at radius 2 is 2.32 bits per heavy atom. The number of rotatable bonds is 6. The average Bonchev–Trinajstić information content (AvgIpc) is 3.25. The van der Waals surface area contributed by atoms with E-state index >= 15 is 0 Å². The van der Waals surface area contributed by atoms with Crippen molar-refractivity contribution in [3.8, 4) is 0 Å². The number of halogens is 1. The molecule has 0 aromatic carbocycles. The minimum absolute atomic E-state index is 0. The van der Waals surface area contributed by atoms with Crippen molar-refractivity contribution < 1.29 is 4.74 Å². The van der Waals surface area contributed by atoms with Gasteiger partial charge in [0.25, 0.3) is 0 Å². The Hall–Kier alpha value is -0.450. The predicted octanol–water partition coefficient (Wildman–Crippen LogP) is 2.24. The molecule has 2 unspecified atom stereocenters. The molecule has 25 heavy (non-hydrogen) atoms. The fourth-order valence-corrected chi connectivity index (χ4v) is 4.08. The van der Waals surface area contributed by atoms with E-state index in [4.69, 9.17) is 4.74 Å². The number of aryl methyl sites for hydroxylation is 1. The van der Waals surface area contributed by atoms with Gasteiger partial charge in [0, 0.05) is 36.8 Å². The summed E-state index contributed by atoms with van der Waals surface area (Å²) in [6.45, 7) is 9.64. The van der Waals surface area contributed by atoms with Gasteiger partial charge in [-0.15, -0.1) is 35.3 Å². The summed E-state index contributed by atoms with van der Waals surface area (Å²) < 4.78 is 6.00.